The number of dihydropyridines is 1. The van der Waals surface area contributed by atoms with E-state index in [9.17, 15) is 4.39 Å². The van der Waals surface area contributed by atoms with E-state index in [0.29, 0.717) is 18.3 Å². The fourth-order valence-electron chi connectivity index (χ4n) is 3.64. The third kappa shape index (κ3) is 3.56. The Hall–Kier alpha value is -2.27. The van der Waals surface area contributed by atoms with E-state index in [4.69, 9.17) is 0 Å². The molecule has 4 N–H and O–H groups in total. The molecule has 1 saturated heterocycles. The van der Waals surface area contributed by atoms with Gasteiger partial charge in [-0.05, 0) is 60.5 Å². The molecule has 0 unspecified atom stereocenters. The summed E-state index contributed by atoms with van der Waals surface area (Å²) in [6.45, 7) is 3.22. The SMILES string of the molecule is FCC1=CC=C(c2cc(NC3CCNCC3)c3c(c2)=CCNC=3)CN1. The zero-order chi connectivity index (χ0) is 17.1. The molecule has 0 radical (unpaired) electrons. The van der Waals surface area contributed by atoms with E-state index >= 15 is 0 Å². The van der Waals surface area contributed by atoms with Gasteiger partial charge in [0.1, 0.15) is 6.67 Å². The van der Waals surface area contributed by atoms with Crippen molar-refractivity contribution in [3.8, 4) is 0 Å². The second-order valence-corrected chi connectivity index (χ2v) is 6.82. The van der Waals surface area contributed by atoms with Crippen molar-refractivity contribution in [1.29, 1.82) is 0 Å². The first-order valence-electron chi connectivity index (χ1n) is 9.08. The minimum Gasteiger partial charge on any atom is -0.387 e. The third-order valence-electron chi connectivity index (χ3n) is 5.10. The second kappa shape index (κ2) is 7.31. The fourth-order valence-corrected chi connectivity index (χ4v) is 3.64. The molecule has 0 saturated carbocycles. The summed E-state index contributed by atoms with van der Waals surface area (Å²) in [6, 6.07) is 4.98. The van der Waals surface area contributed by atoms with Crippen molar-refractivity contribution < 1.29 is 4.39 Å². The van der Waals surface area contributed by atoms with Gasteiger partial charge in [0.2, 0.25) is 0 Å². The normalized spacial score (nSPS) is 20.0. The van der Waals surface area contributed by atoms with Crippen molar-refractivity contribution in [2.45, 2.75) is 18.9 Å². The van der Waals surface area contributed by atoms with Gasteiger partial charge >= 0.3 is 0 Å². The van der Waals surface area contributed by atoms with Crippen molar-refractivity contribution in [1.82, 2.24) is 16.0 Å². The topological polar surface area (TPSA) is 48.1 Å². The summed E-state index contributed by atoms with van der Waals surface area (Å²) in [5, 5.41) is 16.1. The Morgan fingerprint density at radius 1 is 1.16 bits per heavy atom. The highest BCUT2D eigenvalue weighted by Gasteiger charge is 2.15. The van der Waals surface area contributed by atoms with E-state index in [2.05, 4.69) is 45.7 Å². The molecule has 132 valence electrons. The number of hydrogen-bond donors (Lipinski definition) is 4. The van der Waals surface area contributed by atoms with Crippen LogP contribution in [0.2, 0.25) is 0 Å². The highest BCUT2D eigenvalue weighted by molar-refractivity contribution is 5.73. The number of piperidine rings is 1. The Kier molecular flexibility index (Phi) is 4.74. The Balaban J connectivity index is 1.71. The van der Waals surface area contributed by atoms with Crippen LogP contribution in [0.5, 0.6) is 0 Å². The van der Waals surface area contributed by atoms with E-state index in [1.54, 1.807) is 0 Å². The summed E-state index contributed by atoms with van der Waals surface area (Å²) < 4.78 is 12.8. The molecule has 4 nitrogen and oxygen atoms in total. The highest BCUT2D eigenvalue weighted by Crippen LogP contribution is 2.19. The molecule has 5 heteroatoms. The highest BCUT2D eigenvalue weighted by atomic mass is 19.1. The Morgan fingerprint density at radius 3 is 2.80 bits per heavy atom. The quantitative estimate of drug-likeness (QED) is 0.655. The second-order valence-electron chi connectivity index (χ2n) is 6.82. The van der Waals surface area contributed by atoms with Crippen LogP contribution < -0.4 is 31.7 Å². The maximum absolute atomic E-state index is 12.8. The van der Waals surface area contributed by atoms with Gasteiger partial charge in [-0.3, -0.25) is 0 Å². The molecular weight excluding hydrogens is 315 g/mol. The summed E-state index contributed by atoms with van der Waals surface area (Å²) in [7, 11) is 0. The Labute approximate surface area is 147 Å². The van der Waals surface area contributed by atoms with E-state index in [1.807, 2.05) is 12.2 Å². The first-order valence-corrected chi connectivity index (χ1v) is 9.08. The van der Waals surface area contributed by atoms with E-state index in [1.165, 1.54) is 27.3 Å². The van der Waals surface area contributed by atoms with Crippen LogP contribution in [0.3, 0.4) is 0 Å². The van der Waals surface area contributed by atoms with Crippen molar-refractivity contribution in [3.63, 3.8) is 0 Å². The van der Waals surface area contributed by atoms with Crippen LogP contribution in [-0.4, -0.2) is 38.9 Å². The number of fused-ring (bicyclic) bond motifs is 1. The molecule has 0 amide bonds. The number of halogens is 1. The maximum Gasteiger partial charge on any atom is 0.129 e. The molecule has 0 bridgehead atoms. The number of anilines is 1. The van der Waals surface area contributed by atoms with Crippen LogP contribution in [0.25, 0.3) is 17.8 Å². The van der Waals surface area contributed by atoms with E-state index in [0.717, 1.165) is 32.5 Å². The summed E-state index contributed by atoms with van der Waals surface area (Å²) in [6.07, 6.45) is 10.5. The summed E-state index contributed by atoms with van der Waals surface area (Å²) in [4.78, 5) is 0. The zero-order valence-corrected chi connectivity index (χ0v) is 14.4. The van der Waals surface area contributed by atoms with Crippen LogP contribution in [0, 0.1) is 0 Å². The molecule has 3 aliphatic heterocycles. The largest absolute Gasteiger partial charge is 0.387 e. The minimum absolute atomic E-state index is 0.440. The summed E-state index contributed by atoms with van der Waals surface area (Å²) in [5.41, 5.74) is 4.23. The fraction of sp³-hybridized carbons (Fsp3) is 0.400. The van der Waals surface area contributed by atoms with E-state index in [-0.39, 0.29) is 0 Å². The van der Waals surface area contributed by atoms with Gasteiger partial charge in [-0.15, -0.1) is 0 Å². The lowest BCUT2D eigenvalue weighted by Gasteiger charge is -2.26. The number of alkyl halides is 1. The van der Waals surface area contributed by atoms with E-state index < -0.39 is 6.67 Å². The van der Waals surface area contributed by atoms with Gasteiger partial charge < -0.3 is 21.3 Å². The molecule has 25 heavy (non-hydrogen) atoms. The van der Waals surface area contributed by atoms with Crippen LogP contribution in [0.1, 0.15) is 18.4 Å². The zero-order valence-electron chi connectivity index (χ0n) is 14.4. The number of hydrogen-bond acceptors (Lipinski definition) is 4. The monoisotopic (exact) mass is 340 g/mol. The average Bonchev–Trinajstić information content (AvgIpc) is 2.69. The third-order valence-corrected chi connectivity index (χ3v) is 5.10. The van der Waals surface area contributed by atoms with Crippen LogP contribution in [0.4, 0.5) is 10.1 Å². The molecule has 3 heterocycles. The molecule has 0 aromatic heterocycles. The van der Waals surface area contributed by atoms with Crippen molar-refractivity contribution in [2.24, 2.45) is 0 Å². The molecule has 0 atom stereocenters. The Morgan fingerprint density at radius 2 is 2.04 bits per heavy atom. The standard InChI is InChI=1S/C20H25FN4/c21-11-18-2-1-15(12-24-18)16-9-14-3-6-23-13-19(14)20(10-16)25-17-4-7-22-8-5-17/h1-3,9-10,13,17,22-25H,4-8,11-12H2. The molecule has 1 fully saturated rings. The molecule has 3 aliphatic rings. The average molecular weight is 340 g/mol. The number of nitrogens with one attached hydrogen (secondary N) is 4. The van der Waals surface area contributed by atoms with Gasteiger partial charge in [-0.2, -0.15) is 0 Å². The smallest absolute Gasteiger partial charge is 0.129 e. The maximum atomic E-state index is 12.8. The molecule has 4 rings (SSSR count). The van der Waals surface area contributed by atoms with Gasteiger partial charge in [0.25, 0.3) is 0 Å². The predicted molar refractivity (Wildman–Crippen MR) is 102 cm³/mol. The molecule has 0 aliphatic carbocycles. The van der Waals surface area contributed by atoms with Gasteiger partial charge in [0, 0.05) is 41.9 Å². The first kappa shape index (κ1) is 16.2. The van der Waals surface area contributed by atoms with Crippen molar-refractivity contribution >= 4 is 23.5 Å². The molecule has 0 spiro atoms. The minimum atomic E-state index is -0.440. The lowest BCUT2D eigenvalue weighted by atomic mass is 9.98. The van der Waals surface area contributed by atoms with Gasteiger partial charge in [-0.1, -0.05) is 12.2 Å². The molecule has 1 aromatic carbocycles. The van der Waals surface area contributed by atoms with Crippen LogP contribution in [0.15, 0.2) is 30.0 Å². The molecular formula is C20H25FN4. The Bertz CT molecular complexity index is 819. The summed E-state index contributed by atoms with van der Waals surface area (Å²) in [5.74, 6) is 0. The van der Waals surface area contributed by atoms with Crippen LogP contribution >= 0.6 is 0 Å². The van der Waals surface area contributed by atoms with Crippen LogP contribution in [-0.2, 0) is 0 Å². The first-order chi connectivity index (χ1) is 12.3. The predicted octanol–water partition coefficient (Wildman–Crippen LogP) is 0.812. The van der Waals surface area contributed by atoms with Crippen molar-refractivity contribution in [3.05, 3.63) is 46.0 Å². The van der Waals surface area contributed by atoms with Gasteiger partial charge in [0.05, 0.1) is 0 Å². The lowest BCUT2D eigenvalue weighted by molar-refractivity contribution is 0.479. The van der Waals surface area contributed by atoms with Gasteiger partial charge in [0.15, 0.2) is 0 Å². The molecule has 1 aromatic rings. The number of benzene rings is 1. The summed E-state index contributed by atoms with van der Waals surface area (Å²) >= 11 is 0. The number of allylic oxidation sites excluding steroid dienone is 3. The van der Waals surface area contributed by atoms with Gasteiger partial charge in [-0.25, -0.2) is 4.39 Å². The lowest BCUT2D eigenvalue weighted by Crippen LogP contribution is -2.40. The number of rotatable bonds is 4. The van der Waals surface area contributed by atoms with Crippen molar-refractivity contribution in [2.75, 3.05) is 38.2 Å².